The minimum absolute atomic E-state index is 0.305. The molecule has 1 heterocycles. The molecule has 18 heavy (non-hydrogen) atoms. The summed E-state index contributed by atoms with van der Waals surface area (Å²) in [6.45, 7) is 9.33. The zero-order valence-electron chi connectivity index (χ0n) is 11.6. The van der Waals surface area contributed by atoms with E-state index in [2.05, 4.69) is 48.7 Å². The number of aliphatic hydroxyl groups excluding tert-OH is 1. The van der Waals surface area contributed by atoms with Gasteiger partial charge in [-0.2, -0.15) is 16.9 Å². The molecule has 0 amide bonds. The predicted molar refractivity (Wildman–Crippen MR) is 82.3 cm³/mol. The highest BCUT2D eigenvalue weighted by Gasteiger charge is 2.17. The van der Waals surface area contributed by atoms with Gasteiger partial charge in [0, 0.05) is 18.7 Å². The summed E-state index contributed by atoms with van der Waals surface area (Å²) < 4.78 is 3.06. The standard InChI is InChI=1S/C13H23BrN2OS/c1-5-11-13(14)12(16(6-2)15-11)7-10(17)8-18-9(3)4/h9-10,17H,5-8H2,1-4H3. The summed E-state index contributed by atoms with van der Waals surface area (Å²) in [6, 6.07) is 0. The van der Waals surface area contributed by atoms with E-state index in [4.69, 9.17) is 0 Å². The van der Waals surface area contributed by atoms with Crippen LogP contribution in [-0.2, 0) is 19.4 Å². The molecule has 0 aromatic carbocycles. The van der Waals surface area contributed by atoms with E-state index >= 15 is 0 Å². The van der Waals surface area contributed by atoms with Crippen molar-refractivity contribution in [3.63, 3.8) is 0 Å². The molecule has 1 unspecified atom stereocenters. The van der Waals surface area contributed by atoms with E-state index in [1.165, 1.54) is 0 Å². The molecule has 0 saturated carbocycles. The first-order valence-electron chi connectivity index (χ1n) is 6.53. The van der Waals surface area contributed by atoms with Crippen LogP contribution in [0.15, 0.2) is 4.47 Å². The maximum absolute atomic E-state index is 10.1. The number of aromatic nitrogens is 2. The second-order valence-electron chi connectivity index (χ2n) is 4.62. The van der Waals surface area contributed by atoms with Crippen LogP contribution >= 0.6 is 27.7 Å². The van der Waals surface area contributed by atoms with Crippen molar-refractivity contribution in [2.24, 2.45) is 0 Å². The van der Waals surface area contributed by atoms with E-state index in [1.807, 2.05) is 4.68 Å². The van der Waals surface area contributed by atoms with Gasteiger partial charge in [0.1, 0.15) is 0 Å². The molecular weight excluding hydrogens is 312 g/mol. The third kappa shape index (κ3) is 4.28. The fourth-order valence-corrected chi connectivity index (χ4v) is 3.25. The molecule has 0 aliphatic rings. The molecule has 1 aromatic heterocycles. The average Bonchev–Trinajstić information content (AvgIpc) is 2.63. The molecule has 0 radical (unpaired) electrons. The number of rotatable bonds is 7. The van der Waals surface area contributed by atoms with Crippen LogP contribution in [-0.4, -0.2) is 32.0 Å². The lowest BCUT2D eigenvalue weighted by Gasteiger charge is -2.13. The Kier molecular flexibility index (Phi) is 6.74. The molecule has 0 aliphatic carbocycles. The third-order valence-electron chi connectivity index (χ3n) is 2.75. The number of thioether (sulfide) groups is 1. The lowest BCUT2D eigenvalue weighted by Crippen LogP contribution is -2.18. The summed E-state index contributed by atoms with van der Waals surface area (Å²) in [5.74, 6) is 0.778. The van der Waals surface area contributed by atoms with Gasteiger partial charge < -0.3 is 5.11 Å². The van der Waals surface area contributed by atoms with Crippen molar-refractivity contribution in [3.8, 4) is 0 Å². The molecule has 0 aliphatic heterocycles. The normalized spacial score (nSPS) is 13.3. The summed E-state index contributed by atoms with van der Waals surface area (Å²) in [7, 11) is 0. The Bertz CT molecular complexity index is 379. The summed E-state index contributed by atoms with van der Waals surface area (Å²) in [6.07, 6.45) is 1.28. The van der Waals surface area contributed by atoms with E-state index < -0.39 is 0 Å². The van der Waals surface area contributed by atoms with Gasteiger partial charge in [-0.1, -0.05) is 20.8 Å². The number of aryl methyl sites for hydroxylation is 2. The molecule has 1 aromatic rings. The van der Waals surface area contributed by atoms with Crippen LogP contribution in [0.25, 0.3) is 0 Å². The van der Waals surface area contributed by atoms with Crippen LogP contribution in [0, 0.1) is 0 Å². The van der Waals surface area contributed by atoms with Gasteiger partial charge in [-0.25, -0.2) is 0 Å². The van der Waals surface area contributed by atoms with Gasteiger partial charge in [0.15, 0.2) is 0 Å². The molecule has 0 spiro atoms. The topological polar surface area (TPSA) is 38.0 Å². The molecule has 1 rings (SSSR count). The zero-order valence-corrected chi connectivity index (χ0v) is 14.0. The summed E-state index contributed by atoms with van der Waals surface area (Å²) in [5, 5.41) is 15.2. The lowest BCUT2D eigenvalue weighted by atomic mass is 10.2. The largest absolute Gasteiger partial charge is 0.392 e. The quantitative estimate of drug-likeness (QED) is 0.831. The number of hydrogen-bond donors (Lipinski definition) is 1. The van der Waals surface area contributed by atoms with Gasteiger partial charge in [0.05, 0.1) is 22.0 Å². The number of halogens is 1. The number of aliphatic hydroxyl groups is 1. The predicted octanol–water partition coefficient (Wildman–Crippen LogP) is 3.27. The second kappa shape index (κ2) is 7.56. The smallest absolute Gasteiger partial charge is 0.0766 e. The van der Waals surface area contributed by atoms with E-state index in [-0.39, 0.29) is 6.10 Å². The molecule has 5 heteroatoms. The minimum atomic E-state index is -0.305. The van der Waals surface area contributed by atoms with Gasteiger partial charge in [-0.3, -0.25) is 4.68 Å². The Labute approximate surface area is 122 Å². The molecule has 3 nitrogen and oxygen atoms in total. The average molecular weight is 335 g/mol. The Morgan fingerprint density at radius 1 is 1.39 bits per heavy atom. The molecule has 104 valence electrons. The SMILES string of the molecule is CCc1nn(CC)c(CC(O)CSC(C)C)c1Br. The Morgan fingerprint density at radius 3 is 2.56 bits per heavy atom. The lowest BCUT2D eigenvalue weighted by molar-refractivity contribution is 0.196. The van der Waals surface area contributed by atoms with Crippen LogP contribution < -0.4 is 0 Å². The van der Waals surface area contributed by atoms with Crippen molar-refractivity contribution >= 4 is 27.7 Å². The molecule has 1 atom stereocenters. The van der Waals surface area contributed by atoms with Crippen LogP contribution in [0.2, 0.25) is 0 Å². The highest BCUT2D eigenvalue weighted by atomic mass is 79.9. The molecule has 0 fully saturated rings. The minimum Gasteiger partial charge on any atom is -0.392 e. The summed E-state index contributed by atoms with van der Waals surface area (Å²) in [4.78, 5) is 0. The van der Waals surface area contributed by atoms with Gasteiger partial charge in [0.2, 0.25) is 0 Å². The van der Waals surface area contributed by atoms with Gasteiger partial charge in [-0.05, 0) is 34.5 Å². The maximum Gasteiger partial charge on any atom is 0.0766 e. The first-order valence-corrected chi connectivity index (χ1v) is 8.37. The van der Waals surface area contributed by atoms with Crippen molar-refractivity contribution < 1.29 is 5.11 Å². The van der Waals surface area contributed by atoms with E-state index in [1.54, 1.807) is 11.8 Å². The second-order valence-corrected chi connectivity index (χ2v) is 7.02. The monoisotopic (exact) mass is 334 g/mol. The van der Waals surface area contributed by atoms with Gasteiger partial charge >= 0.3 is 0 Å². The van der Waals surface area contributed by atoms with Gasteiger partial charge in [0.25, 0.3) is 0 Å². The van der Waals surface area contributed by atoms with E-state index in [9.17, 15) is 5.11 Å². The van der Waals surface area contributed by atoms with Crippen molar-refractivity contribution in [2.75, 3.05) is 5.75 Å². The zero-order chi connectivity index (χ0) is 13.7. The van der Waals surface area contributed by atoms with Crippen molar-refractivity contribution in [3.05, 3.63) is 15.9 Å². The Morgan fingerprint density at radius 2 is 2.06 bits per heavy atom. The first kappa shape index (κ1) is 16.1. The molecule has 1 N–H and O–H groups in total. The highest BCUT2D eigenvalue weighted by Crippen LogP contribution is 2.24. The third-order valence-corrected chi connectivity index (χ3v) is 4.90. The fourth-order valence-electron chi connectivity index (χ4n) is 1.80. The summed E-state index contributed by atoms with van der Waals surface area (Å²) in [5.41, 5.74) is 2.20. The molecular formula is C13H23BrN2OS. The van der Waals surface area contributed by atoms with Gasteiger partial charge in [-0.15, -0.1) is 0 Å². The van der Waals surface area contributed by atoms with Crippen LogP contribution in [0.4, 0.5) is 0 Å². The van der Waals surface area contributed by atoms with E-state index in [0.29, 0.717) is 11.7 Å². The number of nitrogens with zero attached hydrogens (tertiary/aromatic N) is 2. The first-order chi connectivity index (χ1) is 8.49. The van der Waals surface area contributed by atoms with Crippen molar-refractivity contribution in [1.82, 2.24) is 9.78 Å². The van der Waals surface area contributed by atoms with Crippen LogP contribution in [0.5, 0.6) is 0 Å². The Balaban J connectivity index is 2.73. The van der Waals surface area contributed by atoms with Crippen molar-refractivity contribution in [1.29, 1.82) is 0 Å². The maximum atomic E-state index is 10.1. The highest BCUT2D eigenvalue weighted by molar-refractivity contribution is 9.10. The van der Waals surface area contributed by atoms with Crippen LogP contribution in [0.1, 0.15) is 39.1 Å². The summed E-state index contributed by atoms with van der Waals surface area (Å²) >= 11 is 5.41. The molecule has 0 bridgehead atoms. The van der Waals surface area contributed by atoms with E-state index in [0.717, 1.165) is 34.6 Å². The van der Waals surface area contributed by atoms with Crippen LogP contribution in [0.3, 0.4) is 0 Å². The number of hydrogen-bond acceptors (Lipinski definition) is 3. The molecule has 0 saturated heterocycles. The Hall–Kier alpha value is -0.000000000000000111. The fraction of sp³-hybridized carbons (Fsp3) is 0.769. The van der Waals surface area contributed by atoms with Crippen molar-refractivity contribution in [2.45, 2.75) is 58.4 Å².